The summed E-state index contributed by atoms with van der Waals surface area (Å²) in [4.78, 5) is 14.9. The number of carboxylic acid groups (broad SMARTS) is 1. The number of benzene rings is 2. The van der Waals surface area contributed by atoms with E-state index in [2.05, 4.69) is 4.99 Å². The maximum atomic E-state index is 11.4. The molecule has 0 spiro atoms. The summed E-state index contributed by atoms with van der Waals surface area (Å²) in [5.74, 6) is -1.12. The number of rotatable bonds is 3. The van der Waals surface area contributed by atoms with E-state index in [0.717, 1.165) is 0 Å². The first-order chi connectivity index (χ1) is 8.66. The van der Waals surface area contributed by atoms with Crippen LogP contribution in [0.4, 0.5) is 5.69 Å². The second-order valence-electron chi connectivity index (χ2n) is 3.65. The Morgan fingerprint density at radius 1 is 1.16 bits per heavy atom. The van der Waals surface area contributed by atoms with Crippen LogP contribution < -0.4 is 34.7 Å². The molecule has 0 aliphatic rings. The molecule has 0 heterocycles. The first-order valence-electron chi connectivity index (χ1n) is 5.30. The molecule has 2 rings (SSSR count). The van der Waals surface area contributed by atoms with E-state index in [1.165, 1.54) is 24.4 Å². The van der Waals surface area contributed by atoms with Crippen molar-refractivity contribution in [2.45, 2.75) is 0 Å². The molecule has 0 unspecified atom stereocenters. The molecule has 19 heavy (non-hydrogen) atoms. The molecule has 1 N–H and O–H groups in total. The zero-order chi connectivity index (χ0) is 13.0. The number of carboxylic acids is 1. The zero-order valence-corrected chi connectivity index (χ0v) is 12.4. The summed E-state index contributed by atoms with van der Waals surface area (Å²) in [5.41, 5.74) is 1.14. The Balaban J connectivity index is 0.00000180. The van der Waals surface area contributed by atoms with Crippen molar-refractivity contribution < 1.29 is 44.6 Å². The van der Waals surface area contributed by atoms with E-state index in [4.69, 9.17) is 5.11 Å². The summed E-state index contributed by atoms with van der Waals surface area (Å²) in [7, 11) is 0. The average Bonchev–Trinajstić information content (AvgIpc) is 2.38. The van der Waals surface area contributed by atoms with Crippen LogP contribution in [0, 0.1) is 0 Å². The molecule has 0 saturated carbocycles. The zero-order valence-electron chi connectivity index (χ0n) is 10.4. The Labute approximate surface area is 132 Å². The predicted molar refractivity (Wildman–Crippen MR) is 66.5 cm³/mol. The number of aliphatic imine (C=N–C) groups is 1. The maximum absolute atomic E-state index is 11.4. The van der Waals surface area contributed by atoms with Gasteiger partial charge in [0.25, 0.3) is 0 Å². The van der Waals surface area contributed by atoms with Crippen LogP contribution in [0.5, 0.6) is 5.75 Å². The van der Waals surface area contributed by atoms with Gasteiger partial charge in [-0.1, -0.05) is 30.3 Å². The summed E-state index contributed by atoms with van der Waals surface area (Å²) in [6.45, 7) is 0. The number of aromatic carboxylic acids is 1. The second kappa shape index (κ2) is 7.09. The molecule has 0 bridgehead atoms. The number of hydrogen-bond donors (Lipinski definition) is 1. The first-order valence-corrected chi connectivity index (χ1v) is 5.30. The molecule has 90 valence electrons. The van der Waals surface area contributed by atoms with Gasteiger partial charge in [-0.15, -0.1) is 5.75 Å². The number of carbonyl (C=O) groups is 1. The quantitative estimate of drug-likeness (QED) is 0.583. The van der Waals surface area contributed by atoms with Crippen molar-refractivity contribution in [3.05, 3.63) is 59.7 Å². The van der Waals surface area contributed by atoms with Gasteiger partial charge in [0.05, 0.1) is 11.3 Å². The van der Waals surface area contributed by atoms with Crippen molar-refractivity contribution in [1.29, 1.82) is 0 Å². The molecule has 2 aromatic carbocycles. The van der Waals surface area contributed by atoms with Crippen LogP contribution in [0.3, 0.4) is 0 Å². The van der Waals surface area contributed by atoms with Crippen LogP contribution in [-0.4, -0.2) is 17.3 Å². The largest absolute Gasteiger partial charge is 1.00 e. The number of para-hydroxylation sites is 1. The van der Waals surface area contributed by atoms with Crippen molar-refractivity contribution >= 4 is 17.9 Å². The van der Waals surface area contributed by atoms with Gasteiger partial charge < -0.3 is 10.2 Å². The molecule has 0 aliphatic heterocycles. The van der Waals surface area contributed by atoms with E-state index in [1.54, 1.807) is 30.3 Å². The summed E-state index contributed by atoms with van der Waals surface area (Å²) in [5, 5.41) is 20.3. The Hall–Kier alpha value is -1.62. The van der Waals surface area contributed by atoms with E-state index >= 15 is 0 Å². The predicted octanol–water partition coefficient (Wildman–Crippen LogP) is -0.787. The van der Waals surface area contributed by atoms with Gasteiger partial charge in [0.15, 0.2) is 0 Å². The van der Waals surface area contributed by atoms with Crippen molar-refractivity contribution in [3.63, 3.8) is 0 Å². The summed E-state index contributed by atoms with van der Waals surface area (Å²) >= 11 is 0. The molecule has 0 radical (unpaired) electrons. The Morgan fingerprint density at radius 3 is 2.58 bits per heavy atom. The molecule has 0 atom stereocenters. The fraction of sp³-hybridized carbons (Fsp3) is 0. The minimum atomic E-state index is -1.00. The Kier molecular flexibility index (Phi) is 5.76. The average molecular weight is 263 g/mol. The molecule has 0 amide bonds. The Morgan fingerprint density at radius 2 is 1.89 bits per heavy atom. The van der Waals surface area contributed by atoms with E-state index in [-0.39, 0.29) is 40.9 Å². The first kappa shape index (κ1) is 15.4. The SMILES string of the molecule is O=C(O)c1cccc(N=Cc2ccccc2[O-])c1.[Na+]. The molecule has 0 fully saturated rings. The molecule has 0 aliphatic carbocycles. The van der Waals surface area contributed by atoms with Crippen LogP contribution in [0.15, 0.2) is 53.5 Å². The van der Waals surface area contributed by atoms with Gasteiger partial charge >= 0.3 is 35.5 Å². The van der Waals surface area contributed by atoms with Gasteiger partial charge in [-0.05, 0) is 23.8 Å². The van der Waals surface area contributed by atoms with Gasteiger partial charge in [0, 0.05) is 6.21 Å². The molecule has 0 aromatic heterocycles. The van der Waals surface area contributed by atoms with Crippen molar-refractivity contribution in [3.8, 4) is 5.75 Å². The summed E-state index contributed by atoms with van der Waals surface area (Å²) < 4.78 is 0. The molecule has 4 nitrogen and oxygen atoms in total. The number of nitrogens with zero attached hydrogens (tertiary/aromatic N) is 1. The maximum Gasteiger partial charge on any atom is 1.00 e. The fourth-order valence-electron chi connectivity index (χ4n) is 1.45. The van der Waals surface area contributed by atoms with Gasteiger partial charge in [-0.25, -0.2) is 4.79 Å². The molecule has 5 heteroatoms. The third kappa shape index (κ3) is 4.21. The molecule has 0 saturated heterocycles. The molecule has 2 aromatic rings. The van der Waals surface area contributed by atoms with Crippen molar-refractivity contribution in [2.75, 3.05) is 0 Å². The van der Waals surface area contributed by atoms with Crippen LogP contribution in [-0.2, 0) is 0 Å². The van der Waals surface area contributed by atoms with Gasteiger partial charge in [0.1, 0.15) is 0 Å². The van der Waals surface area contributed by atoms with E-state index in [9.17, 15) is 9.90 Å². The van der Waals surface area contributed by atoms with E-state index in [0.29, 0.717) is 11.3 Å². The number of hydrogen-bond acceptors (Lipinski definition) is 3. The summed E-state index contributed by atoms with van der Waals surface area (Å²) in [6, 6.07) is 12.7. The van der Waals surface area contributed by atoms with Gasteiger partial charge in [-0.3, -0.25) is 4.99 Å². The van der Waals surface area contributed by atoms with Crippen LogP contribution in [0.1, 0.15) is 15.9 Å². The monoisotopic (exact) mass is 263 g/mol. The van der Waals surface area contributed by atoms with Crippen molar-refractivity contribution in [2.24, 2.45) is 4.99 Å². The van der Waals surface area contributed by atoms with Gasteiger partial charge in [0.2, 0.25) is 0 Å². The fourth-order valence-corrected chi connectivity index (χ4v) is 1.45. The van der Waals surface area contributed by atoms with Crippen molar-refractivity contribution in [1.82, 2.24) is 0 Å². The van der Waals surface area contributed by atoms with E-state index in [1.807, 2.05) is 0 Å². The third-order valence-corrected chi connectivity index (χ3v) is 2.36. The second-order valence-corrected chi connectivity index (χ2v) is 3.65. The normalized spacial score (nSPS) is 10.1. The molecular weight excluding hydrogens is 253 g/mol. The summed E-state index contributed by atoms with van der Waals surface area (Å²) in [6.07, 6.45) is 1.43. The van der Waals surface area contributed by atoms with E-state index < -0.39 is 5.97 Å². The molecular formula is C14H10NNaO3. The third-order valence-electron chi connectivity index (χ3n) is 2.36. The smallest absolute Gasteiger partial charge is 0.872 e. The minimum absolute atomic E-state index is 0. The standard InChI is InChI=1S/C14H11NO3.Na/c16-13-7-2-1-4-11(13)9-15-12-6-3-5-10(8-12)14(17)18;/h1-9,16H,(H,17,18);/q;+1/p-1. The van der Waals surface area contributed by atoms with Crippen LogP contribution >= 0.6 is 0 Å². The van der Waals surface area contributed by atoms with Gasteiger partial charge in [-0.2, -0.15) is 0 Å². The topological polar surface area (TPSA) is 72.7 Å². The Bertz CT molecular complexity index is 611. The van der Waals surface area contributed by atoms with Crippen LogP contribution in [0.25, 0.3) is 0 Å². The minimum Gasteiger partial charge on any atom is -0.872 e. The van der Waals surface area contributed by atoms with Crippen LogP contribution in [0.2, 0.25) is 0 Å².